The first-order valence-electron chi connectivity index (χ1n) is 10.0. The van der Waals surface area contributed by atoms with Gasteiger partial charge in [-0.25, -0.2) is 8.42 Å². The lowest BCUT2D eigenvalue weighted by atomic mass is 10.1. The number of sulfonamides is 1. The van der Waals surface area contributed by atoms with Gasteiger partial charge in [0.25, 0.3) is 0 Å². The van der Waals surface area contributed by atoms with Crippen LogP contribution in [0.3, 0.4) is 0 Å². The topological polar surface area (TPSA) is 66.5 Å². The standard InChI is InChI=1S/C24H24BrClN2O3S/c1-17-5-3-6-19(13-17)15-28(32(30,31)23-11-9-22(26)10-12-23)16-24(29)27-18(2)20-7-4-8-21(25)14-20/h3-14,18H,15-16H2,1-2H3,(H,27,29)/t18-/m1/s1. The molecule has 0 aromatic heterocycles. The third-order valence-electron chi connectivity index (χ3n) is 4.94. The van der Waals surface area contributed by atoms with Crippen LogP contribution in [0.5, 0.6) is 0 Å². The van der Waals surface area contributed by atoms with Crippen molar-refractivity contribution >= 4 is 43.5 Å². The van der Waals surface area contributed by atoms with Crippen LogP contribution in [0.4, 0.5) is 0 Å². The molecule has 0 aliphatic carbocycles. The number of carbonyl (C=O) groups excluding carboxylic acids is 1. The van der Waals surface area contributed by atoms with Crippen LogP contribution < -0.4 is 5.32 Å². The second kappa shape index (κ2) is 10.6. The first kappa shape index (κ1) is 24.5. The zero-order valence-electron chi connectivity index (χ0n) is 17.8. The van der Waals surface area contributed by atoms with Gasteiger partial charge in [-0.05, 0) is 61.4 Å². The molecule has 0 radical (unpaired) electrons. The summed E-state index contributed by atoms with van der Waals surface area (Å²) in [6.45, 7) is 3.56. The summed E-state index contributed by atoms with van der Waals surface area (Å²) < 4.78 is 28.8. The van der Waals surface area contributed by atoms with Gasteiger partial charge in [0.15, 0.2) is 0 Å². The number of hydrogen-bond acceptors (Lipinski definition) is 3. The highest BCUT2D eigenvalue weighted by molar-refractivity contribution is 9.10. The van der Waals surface area contributed by atoms with E-state index in [0.29, 0.717) is 5.02 Å². The number of rotatable bonds is 8. The zero-order valence-corrected chi connectivity index (χ0v) is 20.9. The van der Waals surface area contributed by atoms with E-state index in [0.717, 1.165) is 21.2 Å². The summed E-state index contributed by atoms with van der Waals surface area (Å²) >= 11 is 9.35. The number of benzene rings is 3. The van der Waals surface area contributed by atoms with E-state index in [2.05, 4.69) is 21.2 Å². The Bertz CT molecular complexity index is 1200. The van der Waals surface area contributed by atoms with Crippen LogP contribution in [-0.2, 0) is 21.4 Å². The van der Waals surface area contributed by atoms with E-state index in [1.165, 1.54) is 28.6 Å². The smallest absolute Gasteiger partial charge is 0.243 e. The molecule has 1 atom stereocenters. The molecule has 0 aliphatic rings. The summed E-state index contributed by atoms with van der Waals surface area (Å²) in [7, 11) is -3.92. The van der Waals surface area contributed by atoms with Crippen LogP contribution in [0.2, 0.25) is 5.02 Å². The molecule has 0 spiro atoms. The quantitative estimate of drug-likeness (QED) is 0.415. The fraction of sp³-hybridized carbons (Fsp3) is 0.208. The van der Waals surface area contributed by atoms with Crippen LogP contribution in [-0.4, -0.2) is 25.2 Å². The molecule has 0 bridgehead atoms. The maximum absolute atomic E-state index is 13.4. The minimum atomic E-state index is -3.92. The number of halogens is 2. The van der Waals surface area contributed by atoms with Crippen LogP contribution >= 0.6 is 27.5 Å². The molecular formula is C24H24BrClN2O3S. The lowest BCUT2D eigenvalue weighted by Crippen LogP contribution is -2.41. The Morgan fingerprint density at radius 2 is 1.75 bits per heavy atom. The molecule has 8 heteroatoms. The van der Waals surface area contributed by atoms with Gasteiger partial charge in [0.05, 0.1) is 17.5 Å². The molecule has 0 unspecified atom stereocenters. The Kier molecular flexibility index (Phi) is 8.11. The Balaban J connectivity index is 1.84. The second-order valence-electron chi connectivity index (χ2n) is 7.56. The summed E-state index contributed by atoms with van der Waals surface area (Å²) in [4.78, 5) is 12.9. The first-order chi connectivity index (χ1) is 15.1. The molecule has 0 heterocycles. The van der Waals surface area contributed by atoms with Gasteiger partial charge in [0.2, 0.25) is 15.9 Å². The van der Waals surface area contributed by atoms with Gasteiger partial charge in [-0.1, -0.05) is 69.5 Å². The molecule has 0 aliphatic heterocycles. The molecule has 5 nitrogen and oxygen atoms in total. The van der Waals surface area contributed by atoms with Crippen molar-refractivity contribution in [1.29, 1.82) is 0 Å². The largest absolute Gasteiger partial charge is 0.348 e. The summed E-state index contributed by atoms with van der Waals surface area (Å²) in [5.74, 6) is -0.386. The number of nitrogens with one attached hydrogen (secondary N) is 1. The molecule has 0 saturated heterocycles. The van der Waals surface area contributed by atoms with Crippen molar-refractivity contribution in [2.75, 3.05) is 6.54 Å². The number of aryl methyl sites for hydroxylation is 1. The number of amides is 1. The summed E-state index contributed by atoms with van der Waals surface area (Å²) in [5, 5.41) is 3.34. The number of nitrogens with zero attached hydrogens (tertiary/aromatic N) is 1. The van der Waals surface area contributed by atoms with E-state index in [1.54, 1.807) is 0 Å². The fourth-order valence-electron chi connectivity index (χ4n) is 3.30. The second-order valence-corrected chi connectivity index (χ2v) is 10.9. The molecule has 3 rings (SSSR count). The monoisotopic (exact) mass is 534 g/mol. The molecular weight excluding hydrogens is 512 g/mol. The van der Waals surface area contributed by atoms with Gasteiger partial charge in [0.1, 0.15) is 0 Å². The van der Waals surface area contributed by atoms with Crippen LogP contribution in [0, 0.1) is 6.92 Å². The normalized spacial score (nSPS) is 12.5. The zero-order chi connectivity index (χ0) is 23.3. The molecule has 3 aromatic carbocycles. The third-order valence-corrected chi connectivity index (χ3v) is 7.49. The Hall–Kier alpha value is -2.19. The predicted octanol–water partition coefficient (Wildman–Crippen LogP) is 5.48. The van der Waals surface area contributed by atoms with Gasteiger partial charge in [-0.15, -0.1) is 0 Å². The Labute approximate surface area is 202 Å². The van der Waals surface area contributed by atoms with Crippen molar-refractivity contribution in [2.45, 2.75) is 31.3 Å². The molecule has 32 heavy (non-hydrogen) atoms. The van der Waals surface area contributed by atoms with Crippen LogP contribution in [0.25, 0.3) is 0 Å². The predicted molar refractivity (Wildman–Crippen MR) is 131 cm³/mol. The molecule has 1 amide bonds. The molecule has 168 valence electrons. The molecule has 1 N–H and O–H groups in total. The van der Waals surface area contributed by atoms with E-state index < -0.39 is 10.0 Å². The van der Waals surface area contributed by atoms with E-state index in [1.807, 2.05) is 62.4 Å². The van der Waals surface area contributed by atoms with Crippen LogP contribution in [0.15, 0.2) is 82.2 Å². The van der Waals surface area contributed by atoms with Crippen molar-refractivity contribution < 1.29 is 13.2 Å². The van der Waals surface area contributed by atoms with Gasteiger partial charge in [-0.2, -0.15) is 4.31 Å². The fourth-order valence-corrected chi connectivity index (χ4v) is 5.23. The number of carbonyl (C=O) groups is 1. The van der Waals surface area contributed by atoms with Crippen molar-refractivity contribution in [1.82, 2.24) is 9.62 Å². The van der Waals surface area contributed by atoms with E-state index >= 15 is 0 Å². The summed E-state index contributed by atoms with van der Waals surface area (Å²) in [6.07, 6.45) is 0. The van der Waals surface area contributed by atoms with Gasteiger partial charge >= 0.3 is 0 Å². The summed E-state index contributed by atoms with van der Waals surface area (Å²) in [5.41, 5.74) is 2.73. The van der Waals surface area contributed by atoms with Crippen molar-refractivity contribution in [3.8, 4) is 0 Å². The molecule has 3 aromatic rings. The average molecular weight is 536 g/mol. The van der Waals surface area contributed by atoms with Crippen molar-refractivity contribution in [2.24, 2.45) is 0 Å². The van der Waals surface area contributed by atoms with Crippen molar-refractivity contribution in [3.63, 3.8) is 0 Å². The highest BCUT2D eigenvalue weighted by Crippen LogP contribution is 2.22. The highest BCUT2D eigenvalue weighted by Gasteiger charge is 2.27. The van der Waals surface area contributed by atoms with Crippen LogP contribution in [0.1, 0.15) is 29.7 Å². The van der Waals surface area contributed by atoms with E-state index in [9.17, 15) is 13.2 Å². The first-order valence-corrected chi connectivity index (χ1v) is 12.6. The van der Waals surface area contributed by atoms with Gasteiger partial charge < -0.3 is 5.32 Å². The SMILES string of the molecule is Cc1cccc(CN(CC(=O)N[C@H](C)c2cccc(Br)c2)S(=O)(=O)c2ccc(Cl)cc2)c1. The number of hydrogen-bond donors (Lipinski definition) is 1. The lowest BCUT2D eigenvalue weighted by Gasteiger charge is -2.23. The van der Waals surface area contributed by atoms with E-state index in [-0.39, 0.29) is 29.9 Å². The maximum atomic E-state index is 13.4. The Morgan fingerprint density at radius 1 is 1.06 bits per heavy atom. The molecule has 0 saturated carbocycles. The minimum absolute atomic E-state index is 0.0747. The minimum Gasteiger partial charge on any atom is -0.348 e. The molecule has 0 fully saturated rings. The van der Waals surface area contributed by atoms with E-state index in [4.69, 9.17) is 11.6 Å². The van der Waals surface area contributed by atoms with Gasteiger partial charge in [-0.3, -0.25) is 4.79 Å². The highest BCUT2D eigenvalue weighted by atomic mass is 79.9. The maximum Gasteiger partial charge on any atom is 0.243 e. The average Bonchev–Trinajstić information content (AvgIpc) is 2.73. The van der Waals surface area contributed by atoms with Gasteiger partial charge in [0, 0.05) is 16.0 Å². The van der Waals surface area contributed by atoms with Crippen molar-refractivity contribution in [3.05, 3.63) is 99.0 Å². The Morgan fingerprint density at radius 3 is 2.41 bits per heavy atom. The third kappa shape index (κ3) is 6.42. The summed E-state index contributed by atoms with van der Waals surface area (Å²) in [6, 6.07) is 20.8. The lowest BCUT2D eigenvalue weighted by molar-refractivity contribution is -0.122.